The van der Waals surface area contributed by atoms with Gasteiger partial charge in [-0.1, -0.05) is 32.4 Å². The first-order chi connectivity index (χ1) is 14.3. The van der Waals surface area contributed by atoms with Crippen LogP contribution in [0.3, 0.4) is 0 Å². The third-order valence-electron chi connectivity index (χ3n) is 5.02. The summed E-state index contributed by atoms with van der Waals surface area (Å²) in [7, 11) is 0. The maximum Gasteiger partial charge on any atom is 0.326 e. The van der Waals surface area contributed by atoms with Gasteiger partial charge in [-0.15, -0.1) is 0 Å². The number of hydrogen-bond donors (Lipinski definition) is 4. The lowest BCUT2D eigenvalue weighted by Gasteiger charge is -2.32. The van der Waals surface area contributed by atoms with Gasteiger partial charge in [-0.25, -0.2) is 9.59 Å². The topological polar surface area (TPSA) is 128 Å². The second-order valence-electron chi connectivity index (χ2n) is 7.15. The molecule has 10 heteroatoms. The molecule has 0 bridgehead atoms. The molecule has 0 fully saturated rings. The zero-order chi connectivity index (χ0) is 22.3. The van der Waals surface area contributed by atoms with E-state index in [1.54, 1.807) is 31.2 Å². The summed E-state index contributed by atoms with van der Waals surface area (Å²) in [4.78, 5) is 50.6. The van der Waals surface area contributed by atoms with Crippen molar-refractivity contribution >= 4 is 47.0 Å². The number of hydrogen-bond acceptors (Lipinski definition) is 5. The number of carbonyl (C=O) groups is 4. The van der Waals surface area contributed by atoms with Crippen molar-refractivity contribution in [2.45, 2.75) is 38.8 Å². The summed E-state index contributed by atoms with van der Waals surface area (Å²) < 4.78 is 0. The number of aliphatic carboxylic acids is 1. The van der Waals surface area contributed by atoms with E-state index in [2.05, 4.69) is 16.0 Å². The number of amides is 4. The van der Waals surface area contributed by atoms with E-state index in [1.807, 2.05) is 13.2 Å². The molecular formula is C20H28N4O5S. The van der Waals surface area contributed by atoms with Gasteiger partial charge in [0.15, 0.2) is 0 Å². The average molecular weight is 437 g/mol. The van der Waals surface area contributed by atoms with Gasteiger partial charge in [-0.2, -0.15) is 11.8 Å². The summed E-state index contributed by atoms with van der Waals surface area (Å²) in [6, 6.07) is 4.33. The number of para-hydroxylation sites is 2. The fourth-order valence-corrected chi connectivity index (χ4v) is 3.55. The van der Waals surface area contributed by atoms with Crippen LogP contribution in [-0.2, 0) is 14.4 Å². The summed E-state index contributed by atoms with van der Waals surface area (Å²) >= 11 is 1.49. The molecular weight excluding hydrogens is 408 g/mol. The Morgan fingerprint density at radius 1 is 1.27 bits per heavy atom. The zero-order valence-electron chi connectivity index (χ0n) is 17.3. The van der Waals surface area contributed by atoms with E-state index < -0.39 is 30.0 Å². The molecule has 0 radical (unpaired) electrons. The van der Waals surface area contributed by atoms with Crippen molar-refractivity contribution in [1.29, 1.82) is 0 Å². The smallest absolute Gasteiger partial charge is 0.326 e. The monoisotopic (exact) mass is 436 g/mol. The van der Waals surface area contributed by atoms with E-state index in [9.17, 15) is 24.3 Å². The van der Waals surface area contributed by atoms with Gasteiger partial charge in [-0.05, 0) is 36.5 Å². The van der Waals surface area contributed by atoms with Crippen LogP contribution < -0.4 is 20.9 Å². The minimum atomic E-state index is -1.12. The lowest BCUT2D eigenvalue weighted by Crippen LogP contribution is -2.57. The highest BCUT2D eigenvalue weighted by Gasteiger charge is 2.33. The van der Waals surface area contributed by atoms with Gasteiger partial charge >= 0.3 is 12.0 Å². The number of nitrogens with zero attached hydrogens (tertiary/aromatic N) is 1. The lowest BCUT2D eigenvalue weighted by molar-refractivity contribution is -0.142. The maximum absolute atomic E-state index is 13.0. The highest BCUT2D eigenvalue weighted by atomic mass is 32.2. The molecule has 0 spiro atoms. The standard InChI is InChI=1S/C20H28N4O5S/c1-4-12(2)17(18(26)22-14(19(27)28)9-10-30-3)23-20(29)24-11-16(25)21-13-7-5-6-8-15(13)24/h5-8,12,14,17H,4,9-11H2,1-3H3,(H,21,25)(H,22,26)(H,23,29)(H,27,28)/t12-,14+,17-/m0/s1. The van der Waals surface area contributed by atoms with Crippen LogP contribution in [0.4, 0.5) is 16.2 Å². The van der Waals surface area contributed by atoms with Crippen LogP contribution in [0.25, 0.3) is 0 Å². The van der Waals surface area contributed by atoms with Crippen LogP contribution in [0.15, 0.2) is 24.3 Å². The molecule has 164 valence electrons. The molecule has 4 N–H and O–H groups in total. The van der Waals surface area contributed by atoms with Crippen LogP contribution in [0.5, 0.6) is 0 Å². The van der Waals surface area contributed by atoms with E-state index in [0.717, 1.165) is 0 Å². The van der Waals surface area contributed by atoms with E-state index in [-0.39, 0.29) is 24.8 Å². The molecule has 0 aliphatic carbocycles. The molecule has 1 heterocycles. The number of carboxylic acids is 1. The number of thioether (sulfide) groups is 1. The largest absolute Gasteiger partial charge is 0.480 e. The fourth-order valence-electron chi connectivity index (χ4n) is 3.08. The Hall–Kier alpha value is -2.75. The second kappa shape index (κ2) is 10.9. The van der Waals surface area contributed by atoms with E-state index in [0.29, 0.717) is 23.5 Å². The van der Waals surface area contributed by atoms with Crippen molar-refractivity contribution in [3.63, 3.8) is 0 Å². The number of anilines is 2. The van der Waals surface area contributed by atoms with Gasteiger partial charge < -0.3 is 21.1 Å². The Morgan fingerprint density at radius 3 is 2.60 bits per heavy atom. The molecule has 3 atom stereocenters. The summed E-state index contributed by atoms with van der Waals surface area (Å²) in [6.45, 7) is 3.51. The Bertz CT molecular complexity index is 803. The number of benzene rings is 1. The van der Waals surface area contributed by atoms with Crippen molar-refractivity contribution in [2.75, 3.05) is 28.8 Å². The Balaban J connectivity index is 2.18. The third-order valence-corrected chi connectivity index (χ3v) is 5.66. The Morgan fingerprint density at radius 2 is 1.97 bits per heavy atom. The molecule has 1 aromatic carbocycles. The summed E-state index contributed by atoms with van der Waals surface area (Å²) in [5.41, 5.74) is 1.04. The van der Waals surface area contributed by atoms with Crippen LogP contribution in [0.2, 0.25) is 0 Å². The zero-order valence-corrected chi connectivity index (χ0v) is 18.1. The maximum atomic E-state index is 13.0. The molecule has 1 aliphatic heterocycles. The van der Waals surface area contributed by atoms with E-state index in [4.69, 9.17) is 0 Å². The average Bonchev–Trinajstić information content (AvgIpc) is 2.73. The Kier molecular flexibility index (Phi) is 8.52. The molecule has 30 heavy (non-hydrogen) atoms. The molecule has 0 unspecified atom stereocenters. The molecule has 0 saturated carbocycles. The molecule has 1 aliphatic rings. The van der Waals surface area contributed by atoms with Crippen LogP contribution in [0.1, 0.15) is 26.7 Å². The highest BCUT2D eigenvalue weighted by molar-refractivity contribution is 7.98. The number of rotatable bonds is 9. The van der Waals surface area contributed by atoms with E-state index in [1.165, 1.54) is 16.7 Å². The first-order valence-electron chi connectivity index (χ1n) is 9.77. The summed E-state index contributed by atoms with van der Waals surface area (Å²) in [6.07, 6.45) is 2.73. The first-order valence-corrected chi connectivity index (χ1v) is 11.2. The van der Waals surface area contributed by atoms with Gasteiger partial charge in [0.1, 0.15) is 18.6 Å². The molecule has 1 aromatic rings. The lowest BCUT2D eigenvalue weighted by atomic mass is 9.98. The van der Waals surface area contributed by atoms with Crippen molar-refractivity contribution in [3.8, 4) is 0 Å². The Labute approximate surface area is 180 Å². The molecule has 9 nitrogen and oxygen atoms in total. The third kappa shape index (κ3) is 5.88. The quantitative estimate of drug-likeness (QED) is 0.468. The number of fused-ring (bicyclic) bond motifs is 1. The summed E-state index contributed by atoms with van der Waals surface area (Å²) in [5, 5.41) is 17.3. The molecule has 2 rings (SSSR count). The summed E-state index contributed by atoms with van der Waals surface area (Å²) in [5.74, 6) is -1.67. The van der Waals surface area contributed by atoms with Crippen molar-refractivity contribution < 1.29 is 24.3 Å². The highest BCUT2D eigenvalue weighted by Crippen LogP contribution is 2.29. The van der Waals surface area contributed by atoms with Gasteiger partial charge in [0.25, 0.3) is 0 Å². The second-order valence-corrected chi connectivity index (χ2v) is 8.13. The fraction of sp³-hybridized carbons (Fsp3) is 0.500. The van der Waals surface area contributed by atoms with Crippen molar-refractivity contribution in [1.82, 2.24) is 10.6 Å². The van der Waals surface area contributed by atoms with Crippen LogP contribution in [0, 0.1) is 5.92 Å². The minimum Gasteiger partial charge on any atom is -0.480 e. The van der Waals surface area contributed by atoms with Gasteiger partial charge in [0.2, 0.25) is 11.8 Å². The predicted octanol–water partition coefficient (Wildman–Crippen LogP) is 1.89. The SMILES string of the molecule is CC[C@H](C)[C@H](NC(=O)N1CC(=O)Nc2ccccc21)C(=O)N[C@H](CCSC)C(=O)O. The van der Waals surface area contributed by atoms with Gasteiger partial charge in [0, 0.05) is 0 Å². The first kappa shape index (κ1) is 23.5. The van der Waals surface area contributed by atoms with Crippen LogP contribution >= 0.6 is 11.8 Å². The van der Waals surface area contributed by atoms with Gasteiger partial charge in [0.05, 0.1) is 11.4 Å². The molecule has 0 saturated heterocycles. The van der Waals surface area contributed by atoms with Gasteiger partial charge in [-0.3, -0.25) is 14.5 Å². The molecule has 0 aromatic heterocycles. The minimum absolute atomic E-state index is 0.177. The van der Waals surface area contributed by atoms with Crippen molar-refractivity contribution in [3.05, 3.63) is 24.3 Å². The number of urea groups is 1. The number of nitrogens with one attached hydrogen (secondary N) is 3. The van der Waals surface area contributed by atoms with Crippen LogP contribution in [-0.4, -0.2) is 59.6 Å². The molecule has 4 amide bonds. The number of carboxylic acid groups (broad SMARTS) is 1. The predicted molar refractivity (Wildman–Crippen MR) is 117 cm³/mol. The van der Waals surface area contributed by atoms with E-state index >= 15 is 0 Å². The number of carbonyl (C=O) groups excluding carboxylic acids is 3. The van der Waals surface area contributed by atoms with Crippen molar-refractivity contribution in [2.24, 2.45) is 5.92 Å². The normalized spacial score (nSPS) is 16.0.